The minimum absolute atomic E-state index is 0.0183. The quantitative estimate of drug-likeness (QED) is 0.154. The molecule has 74 heavy (non-hydrogen) atoms. The average molecular weight is 952 g/mol. The maximum atomic E-state index is 2.60. The Morgan fingerprint density at radius 2 is 0.892 bits per heavy atom. The molecule has 10 aromatic rings. The summed E-state index contributed by atoms with van der Waals surface area (Å²) >= 11 is 0. The zero-order valence-electron chi connectivity index (χ0n) is 43.4. The van der Waals surface area contributed by atoms with Crippen molar-refractivity contribution in [1.29, 1.82) is 0 Å². The molecular weight excluding hydrogens is 891 g/mol. The van der Waals surface area contributed by atoms with Crippen LogP contribution in [0.3, 0.4) is 0 Å². The van der Waals surface area contributed by atoms with Crippen molar-refractivity contribution in [3.05, 3.63) is 281 Å². The topological polar surface area (TPSA) is 3.24 Å². The van der Waals surface area contributed by atoms with Crippen LogP contribution in [-0.2, 0) is 16.2 Å². The van der Waals surface area contributed by atoms with Crippen LogP contribution in [0.4, 0.5) is 11.4 Å². The van der Waals surface area contributed by atoms with Gasteiger partial charge in [-0.2, -0.15) is 0 Å². The van der Waals surface area contributed by atoms with Crippen LogP contribution in [0.5, 0.6) is 0 Å². The predicted molar refractivity (Wildman–Crippen MR) is 314 cm³/mol. The smallest absolute Gasteiger partial charge is 0.0725 e. The fraction of sp³-hybridized carbons (Fsp3) is 0.151. The normalized spacial score (nSPS) is 14.2. The molecule has 0 saturated carbocycles. The molecule has 0 atom stereocenters. The standard InChI is InChI=1S/C73H61N/c1-71(2,3)51-38-41-62-63-42-39-52(72(4,5)6)46-69(63)73(68(62)45-51)66-36-18-16-33-61(66)65-47-54(40-43-67(65)73)74(53-27-20-26-50(44-53)57-35-21-25-49-24-10-11-28-55(49)57)70-37-19-17-34-64(70)60-32-15-14-31-59(60)58-30-13-12-29-56(58)48-22-8-7-9-23-48/h7-19,21-26,28-47H,20,27H2,1-6H3. The fourth-order valence-electron chi connectivity index (χ4n) is 12.7. The van der Waals surface area contributed by atoms with Gasteiger partial charge < -0.3 is 4.90 Å². The van der Waals surface area contributed by atoms with Gasteiger partial charge in [-0.25, -0.2) is 0 Å². The van der Waals surface area contributed by atoms with Crippen LogP contribution < -0.4 is 4.90 Å². The van der Waals surface area contributed by atoms with Crippen LogP contribution in [0, 0.1) is 0 Å². The number of rotatable bonds is 7. The monoisotopic (exact) mass is 951 g/mol. The van der Waals surface area contributed by atoms with Gasteiger partial charge in [-0.3, -0.25) is 0 Å². The van der Waals surface area contributed by atoms with E-state index in [0.29, 0.717) is 0 Å². The summed E-state index contributed by atoms with van der Waals surface area (Å²) in [5.41, 5.74) is 26.3. The van der Waals surface area contributed by atoms with Crippen molar-refractivity contribution in [3.8, 4) is 55.6 Å². The molecule has 0 saturated heterocycles. The number of para-hydroxylation sites is 1. The molecule has 358 valence electrons. The van der Waals surface area contributed by atoms with Gasteiger partial charge >= 0.3 is 0 Å². The van der Waals surface area contributed by atoms with Crippen LogP contribution in [0.1, 0.15) is 93.3 Å². The molecule has 1 heteroatoms. The summed E-state index contributed by atoms with van der Waals surface area (Å²) in [7, 11) is 0. The van der Waals surface area contributed by atoms with Gasteiger partial charge in [0.25, 0.3) is 0 Å². The average Bonchev–Trinajstić information content (AvgIpc) is 4.01. The first kappa shape index (κ1) is 45.6. The van der Waals surface area contributed by atoms with Gasteiger partial charge in [-0.1, -0.05) is 254 Å². The summed E-state index contributed by atoms with van der Waals surface area (Å²) in [5, 5.41) is 2.53. The summed E-state index contributed by atoms with van der Waals surface area (Å²) in [6.45, 7) is 14.1. The molecule has 3 aliphatic carbocycles. The number of hydrogen-bond donors (Lipinski definition) is 0. The predicted octanol–water partition coefficient (Wildman–Crippen LogP) is 19.7. The minimum Gasteiger partial charge on any atom is -0.314 e. The molecule has 0 aliphatic heterocycles. The van der Waals surface area contributed by atoms with E-state index in [1.54, 1.807) is 0 Å². The van der Waals surface area contributed by atoms with E-state index < -0.39 is 5.41 Å². The lowest BCUT2D eigenvalue weighted by molar-refractivity contribution is 0.586. The van der Waals surface area contributed by atoms with Gasteiger partial charge in [-0.15, -0.1) is 0 Å². The highest BCUT2D eigenvalue weighted by molar-refractivity contribution is 6.01. The van der Waals surface area contributed by atoms with Crippen molar-refractivity contribution >= 4 is 27.7 Å². The van der Waals surface area contributed by atoms with Crippen molar-refractivity contribution in [2.75, 3.05) is 4.90 Å². The fourth-order valence-corrected chi connectivity index (χ4v) is 12.7. The third-order valence-electron chi connectivity index (χ3n) is 16.3. The van der Waals surface area contributed by atoms with Crippen molar-refractivity contribution < 1.29 is 0 Å². The van der Waals surface area contributed by atoms with Gasteiger partial charge in [0, 0.05) is 16.9 Å². The molecule has 0 radical (unpaired) electrons. The molecule has 0 heterocycles. The summed E-state index contributed by atoms with van der Waals surface area (Å²) in [6.07, 6.45) is 6.75. The lowest BCUT2D eigenvalue weighted by Gasteiger charge is -2.34. The highest BCUT2D eigenvalue weighted by Crippen LogP contribution is 2.64. The van der Waals surface area contributed by atoms with Crippen molar-refractivity contribution in [1.82, 2.24) is 0 Å². The Balaban J connectivity index is 1.06. The Labute approximate surface area is 437 Å². The van der Waals surface area contributed by atoms with Crippen molar-refractivity contribution in [3.63, 3.8) is 0 Å². The number of nitrogens with zero attached hydrogens (tertiary/aromatic N) is 1. The third-order valence-corrected chi connectivity index (χ3v) is 16.3. The van der Waals surface area contributed by atoms with E-state index in [2.05, 4.69) is 283 Å². The summed E-state index contributed by atoms with van der Waals surface area (Å²) in [6, 6.07) is 84.8. The van der Waals surface area contributed by atoms with E-state index in [9.17, 15) is 0 Å². The van der Waals surface area contributed by atoms with E-state index in [0.717, 1.165) is 24.2 Å². The number of fused-ring (bicyclic) bond motifs is 11. The number of hydrogen-bond acceptors (Lipinski definition) is 1. The number of anilines is 2. The Hall–Kier alpha value is -8.26. The van der Waals surface area contributed by atoms with E-state index in [4.69, 9.17) is 0 Å². The molecule has 1 nitrogen and oxygen atoms in total. The molecule has 0 fully saturated rings. The summed E-state index contributed by atoms with van der Waals surface area (Å²) in [5.74, 6) is 0. The summed E-state index contributed by atoms with van der Waals surface area (Å²) < 4.78 is 0. The molecule has 0 N–H and O–H groups in total. The minimum atomic E-state index is -0.486. The highest BCUT2D eigenvalue weighted by atomic mass is 15.2. The summed E-state index contributed by atoms with van der Waals surface area (Å²) in [4.78, 5) is 2.60. The maximum absolute atomic E-state index is 2.60. The molecule has 0 bridgehead atoms. The van der Waals surface area contributed by atoms with Gasteiger partial charge in [-0.05, 0) is 153 Å². The Bertz CT molecular complexity index is 3850. The number of allylic oxidation sites excluding steroid dienone is 4. The second-order valence-corrected chi connectivity index (χ2v) is 22.7. The van der Waals surface area contributed by atoms with Gasteiger partial charge in [0.05, 0.1) is 11.1 Å². The first-order chi connectivity index (χ1) is 36.0. The Kier molecular flexibility index (Phi) is 10.8. The largest absolute Gasteiger partial charge is 0.314 e. The molecule has 10 aromatic carbocycles. The first-order valence-electron chi connectivity index (χ1n) is 26.6. The molecular formula is C73H61N. The second kappa shape index (κ2) is 17.5. The zero-order valence-corrected chi connectivity index (χ0v) is 43.4. The molecule has 0 aromatic heterocycles. The first-order valence-corrected chi connectivity index (χ1v) is 26.6. The van der Waals surface area contributed by atoms with E-state index in [1.165, 1.54) is 117 Å². The molecule has 0 amide bonds. The highest BCUT2D eigenvalue weighted by Gasteiger charge is 2.52. The number of benzene rings is 10. The lowest BCUT2D eigenvalue weighted by Crippen LogP contribution is -2.27. The van der Waals surface area contributed by atoms with Gasteiger partial charge in [0.15, 0.2) is 0 Å². The SMILES string of the molecule is CC(C)(C)c1ccc2c(c1)C1(c3ccccc3-c3cc(N(C4=CC(c5cccc6ccccc56)=CCC4)c4ccccc4-c4ccccc4-c4ccccc4-c4ccccc4)ccc31)c1cc(C(C)(C)C)ccc1-2. The molecule has 13 rings (SSSR count). The third kappa shape index (κ3) is 7.27. The van der Waals surface area contributed by atoms with Gasteiger partial charge in [0.1, 0.15) is 0 Å². The van der Waals surface area contributed by atoms with E-state index in [1.807, 2.05) is 0 Å². The van der Waals surface area contributed by atoms with Crippen LogP contribution in [0.25, 0.3) is 72.0 Å². The molecule has 0 unspecified atom stereocenters. The molecule has 3 aliphatic rings. The van der Waals surface area contributed by atoms with Crippen LogP contribution in [0.15, 0.2) is 242 Å². The molecule has 1 spiro atoms. The zero-order chi connectivity index (χ0) is 50.3. The van der Waals surface area contributed by atoms with Crippen LogP contribution in [-0.4, -0.2) is 0 Å². The lowest BCUT2D eigenvalue weighted by atomic mass is 9.69. The van der Waals surface area contributed by atoms with Crippen LogP contribution in [0.2, 0.25) is 0 Å². The van der Waals surface area contributed by atoms with E-state index in [-0.39, 0.29) is 10.8 Å². The van der Waals surface area contributed by atoms with Crippen LogP contribution >= 0.6 is 0 Å². The second-order valence-electron chi connectivity index (χ2n) is 22.7. The van der Waals surface area contributed by atoms with Crippen molar-refractivity contribution in [2.45, 2.75) is 70.6 Å². The Morgan fingerprint density at radius 3 is 1.58 bits per heavy atom. The Morgan fingerprint density at radius 1 is 0.378 bits per heavy atom. The van der Waals surface area contributed by atoms with Crippen molar-refractivity contribution in [2.24, 2.45) is 0 Å². The maximum Gasteiger partial charge on any atom is 0.0725 e. The van der Waals surface area contributed by atoms with E-state index >= 15 is 0 Å². The van der Waals surface area contributed by atoms with Gasteiger partial charge in [0.2, 0.25) is 0 Å².